The van der Waals surface area contributed by atoms with Crippen LogP contribution in [0.1, 0.15) is 82.6 Å². The van der Waals surface area contributed by atoms with Gasteiger partial charge in [-0.05, 0) is 90.3 Å². The van der Waals surface area contributed by atoms with Gasteiger partial charge in [0.15, 0.2) is 5.82 Å². The van der Waals surface area contributed by atoms with Crippen molar-refractivity contribution in [3.05, 3.63) is 41.7 Å². The molecule has 0 saturated carbocycles. The van der Waals surface area contributed by atoms with Gasteiger partial charge in [0.05, 0.1) is 12.1 Å². The highest BCUT2D eigenvalue weighted by Gasteiger charge is 2.44. The summed E-state index contributed by atoms with van der Waals surface area (Å²) in [5.41, 5.74) is 1.97. The van der Waals surface area contributed by atoms with Gasteiger partial charge >= 0.3 is 6.09 Å². The molecule has 3 fully saturated rings. The highest BCUT2D eigenvalue weighted by atomic mass is 16.6. The fraction of sp³-hybridized carbons (Fsp3) is 0.588. The molecule has 7 rings (SSSR count). The number of carbonyl (C=O) groups is 2. The van der Waals surface area contributed by atoms with E-state index >= 15 is 0 Å². The fourth-order valence-corrected chi connectivity index (χ4v) is 7.53. The van der Waals surface area contributed by atoms with Crippen LogP contribution < -0.4 is 14.7 Å². The van der Waals surface area contributed by atoms with Crippen molar-refractivity contribution in [1.29, 1.82) is 0 Å². The second-order valence-corrected chi connectivity index (χ2v) is 14.4. The summed E-state index contributed by atoms with van der Waals surface area (Å²) < 4.78 is 7.59. The molecule has 1 atom stereocenters. The molecule has 3 saturated heterocycles. The summed E-state index contributed by atoms with van der Waals surface area (Å²) in [6, 6.07) is 8.10. The number of anilines is 3. The third-order valence-electron chi connectivity index (χ3n) is 10.1. The predicted octanol–water partition coefficient (Wildman–Crippen LogP) is 5.13. The number of amides is 2. The van der Waals surface area contributed by atoms with E-state index in [1.165, 1.54) is 0 Å². The van der Waals surface area contributed by atoms with Crippen molar-refractivity contribution in [2.24, 2.45) is 5.41 Å². The number of nitrogens with zero attached hydrogens (tertiary/aromatic N) is 9. The Morgan fingerprint density at radius 2 is 1.85 bits per heavy atom. The lowest BCUT2D eigenvalue weighted by Gasteiger charge is -2.39. The zero-order valence-corrected chi connectivity index (χ0v) is 27.7. The van der Waals surface area contributed by atoms with Gasteiger partial charge in [0.1, 0.15) is 35.1 Å². The molecule has 0 unspecified atom stereocenters. The molecule has 7 heterocycles. The Kier molecular flexibility index (Phi) is 7.64. The molecule has 0 N–H and O–H groups in total. The number of carbonyl (C=O) groups excluding carboxylic acids is 2. The van der Waals surface area contributed by atoms with Crippen molar-refractivity contribution in [3.8, 4) is 11.5 Å². The number of aryl methyl sites for hydroxylation is 1. The van der Waals surface area contributed by atoms with E-state index < -0.39 is 5.60 Å². The number of pyridine rings is 2. The number of fused-ring (bicyclic) bond motifs is 1. The first kappa shape index (κ1) is 30.4. The summed E-state index contributed by atoms with van der Waals surface area (Å²) in [6.07, 6.45) is 6.61. The monoisotopic (exact) mass is 627 g/mol. The van der Waals surface area contributed by atoms with Gasteiger partial charge in [0.25, 0.3) is 5.91 Å². The molecule has 2 amide bonds. The van der Waals surface area contributed by atoms with E-state index in [0.29, 0.717) is 48.6 Å². The van der Waals surface area contributed by atoms with Crippen LogP contribution in [0.25, 0.3) is 11.5 Å². The van der Waals surface area contributed by atoms with Gasteiger partial charge in [-0.2, -0.15) is 0 Å². The normalized spacial score (nSPS) is 21.1. The van der Waals surface area contributed by atoms with E-state index in [1.54, 1.807) is 11.2 Å². The first-order valence-corrected chi connectivity index (χ1v) is 16.7. The van der Waals surface area contributed by atoms with Crippen LogP contribution in [0.2, 0.25) is 0 Å². The Bertz CT molecular complexity index is 1640. The van der Waals surface area contributed by atoms with Gasteiger partial charge in [-0.25, -0.2) is 14.8 Å². The Labute approximate surface area is 270 Å². The van der Waals surface area contributed by atoms with Crippen LogP contribution in [-0.2, 0) is 17.8 Å². The zero-order chi connectivity index (χ0) is 32.2. The molecule has 12 heteroatoms. The van der Waals surface area contributed by atoms with Crippen molar-refractivity contribution in [2.45, 2.75) is 91.5 Å². The lowest BCUT2D eigenvalue weighted by atomic mass is 9.78. The quantitative estimate of drug-likeness (QED) is 0.380. The number of likely N-dealkylation sites (tertiary alicyclic amines) is 1. The van der Waals surface area contributed by atoms with Crippen molar-refractivity contribution >= 4 is 29.5 Å². The summed E-state index contributed by atoms with van der Waals surface area (Å²) in [7, 11) is 0. The van der Waals surface area contributed by atoms with Gasteiger partial charge in [-0.15, -0.1) is 10.2 Å². The fourth-order valence-electron chi connectivity index (χ4n) is 7.53. The maximum Gasteiger partial charge on any atom is 0.410 e. The number of piperidine rings is 1. The van der Waals surface area contributed by atoms with Crippen molar-refractivity contribution in [1.82, 2.24) is 29.6 Å². The predicted molar refractivity (Wildman–Crippen MR) is 176 cm³/mol. The minimum atomic E-state index is -0.503. The van der Waals surface area contributed by atoms with E-state index in [2.05, 4.69) is 26.9 Å². The highest BCUT2D eigenvalue weighted by Crippen LogP contribution is 2.45. The number of hydrogen-bond acceptors (Lipinski definition) is 9. The maximum absolute atomic E-state index is 14.2. The Morgan fingerprint density at radius 3 is 2.57 bits per heavy atom. The minimum Gasteiger partial charge on any atom is -0.444 e. The first-order valence-electron chi connectivity index (χ1n) is 16.7. The van der Waals surface area contributed by atoms with Crippen molar-refractivity contribution in [3.63, 3.8) is 0 Å². The molecule has 3 aromatic heterocycles. The second-order valence-electron chi connectivity index (χ2n) is 14.4. The van der Waals surface area contributed by atoms with Crippen LogP contribution in [0.3, 0.4) is 0 Å². The smallest absolute Gasteiger partial charge is 0.410 e. The third kappa shape index (κ3) is 5.55. The summed E-state index contributed by atoms with van der Waals surface area (Å²) in [4.78, 5) is 45.5. The topological polar surface area (TPSA) is 113 Å². The van der Waals surface area contributed by atoms with E-state index in [1.807, 2.05) is 61.4 Å². The summed E-state index contributed by atoms with van der Waals surface area (Å²) in [6.45, 7) is 15.2. The number of rotatable bonds is 5. The Hall–Kier alpha value is -4.22. The molecule has 244 valence electrons. The maximum atomic E-state index is 14.2. The van der Waals surface area contributed by atoms with E-state index in [-0.39, 0.29) is 17.4 Å². The molecule has 0 radical (unpaired) electrons. The van der Waals surface area contributed by atoms with Gasteiger partial charge in [-0.3, -0.25) is 9.69 Å². The van der Waals surface area contributed by atoms with Crippen LogP contribution in [0.4, 0.5) is 22.2 Å². The van der Waals surface area contributed by atoms with E-state index in [9.17, 15) is 9.59 Å². The number of aromatic nitrogens is 5. The molecule has 46 heavy (non-hydrogen) atoms. The zero-order valence-electron chi connectivity index (χ0n) is 27.7. The standard InChI is InChI=1S/C34H45N9O3/c1-6-39-22-35-38-30(39)26-10-7-11-27(36-26)43-20-25-24(31(43)44)19-28(42-15-8-9-23(42)2)37-29(25)41-18-14-34(21-41)12-16-40(17-13-34)32(45)46-33(3,4)5/h7,10-11,19,22-23H,6,8-9,12-18,20-21H2,1-5H3/t23-/m1/s1. The molecular formula is C34H45N9O3. The Morgan fingerprint density at radius 1 is 1.07 bits per heavy atom. The van der Waals surface area contributed by atoms with Crippen LogP contribution in [0.15, 0.2) is 30.6 Å². The molecule has 1 spiro atoms. The van der Waals surface area contributed by atoms with Gasteiger partial charge < -0.3 is 24.0 Å². The molecule has 3 aromatic rings. The van der Waals surface area contributed by atoms with Gasteiger partial charge in [0.2, 0.25) is 0 Å². The largest absolute Gasteiger partial charge is 0.444 e. The van der Waals surface area contributed by atoms with Crippen LogP contribution in [-0.4, -0.2) is 86.0 Å². The SMILES string of the molecule is CCn1cnnc1-c1cccc(N2Cc3c(cc(N4CCC[C@H]4C)nc3N3CCC4(CCN(C(=O)OC(C)(C)C)CC4)C3)C2=O)n1. The molecule has 12 nitrogen and oxygen atoms in total. The molecule has 4 aliphatic rings. The lowest BCUT2D eigenvalue weighted by Crippen LogP contribution is -2.46. The lowest BCUT2D eigenvalue weighted by molar-refractivity contribution is 0.0122. The van der Waals surface area contributed by atoms with Crippen LogP contribution in [0, 0.1) is 5.41 Å². The summed E-state index contributed by atoms with van der Waals surface area (Å²) in [5.74, 6) is 3.02. The summed E-state index contributed by atoms with van der Waals surface area (Å²) >= 11 is 0. The van der Waals surface area contributed by atoms with E-state index in [0.717, 1.165) is 75.5 Å². The molecular weight excluding hydrogens is 582 g/mol. The van der Waals surface area contributed by atoms with Gasteiger partial charge in [-0.1, -0.05) is 6.07 Å². The molecule has 0 bridgehead atoms. The highest BCUT2D eigenvalue weighted by molar-refractivity contribution is 6.11. The summed E-state index contributed by atoms with van der Waals surface area (Å²) in [5, 5.41) is 8.34. The van der Waals surface area contributed by atoms with Crippen molar-refractivity contribution < 1.29 is 14.3 Å². The first-order chi connectivity index (χ1) is 22.0. The number of hydrogen-bond donors (Lipinski definition) is 0. The van der Waals surface area contributed by atoms with Crippen LogP contribution >= 0.6 is 0 Å². The minimum absolute atomic E-state index is 0.0482. The second kappa shape index (κ2) is 11.5. The average molecular weight is 628 g/mol. The molecule has 0 aromatic carbocycles. The number of ether oxygens (including phenoxy) is 1. The van der Waals surface area contributed by atoms with Crippen LogP contribution in [0.5, 0.6) is 0 Å². The third-order valence-corrected chi connectivity index (χ3v) is 10.1. The van der Waals surface area contributed by atoms with Gasteiger partial charge in [0, 0.05) is 50.9 Å². The van der Waals surface area contributed by atoms with Crippen molar-refractivity contribution in [2.75, 3.05) is 47.4 Å². The average Bonchev–Trinajstić information content (AvgIpc) is 3.83. The molecule has 4 aliphatic heterocycles. The van der Waals surface area contributed by atoms with E-state index in [4.69, 9.17) is 14.7 Å². The Balaban J connectivity index is 1.17. The molecule has 0 aliphatic carbocycles.